The van der Waals surface area contributed by atoms with E-state index >= 15 is 0 Å². The number of anilines is 1. The molecule has 2 fully saturated rings. The van der Waals surface area contributed by atoms with Crippen LogP contribution in [0.5, 0.6) is 0 Å². The predicted octanol–water partition coefficient (Wildman–Crippen LogP) is 2.62. The van der Waals surface area contributed by atoms with Crippen molar-refractivity contribution in [3.05, 3.63) is 28.8 Å². The Morgan fingerprint density at radius 2 is 1.81 bits per heavy atom. The topological polar surface area (TPSA) is 49.6 Å². The summed E-state index contributed by atoms with van der Waals surface area (Å²) in [5.74, 6) is -0.00151. The highest BCUT2D eigenvalue weighted by atomic mass is 35.5. The van der Waals surface area contributed by atoms with Gasteiger partial charge in [-0.1, -0.05) is 30.5 Å². The SMILES string of the molecule is Nc1cccc(C(=O)N2CCN(C3CCCC3)CC2)c1Cl. The van der Waals surface area contributed by atoms with Gasteiger partial charge in [0.05, 0.1) is 16.3 Å². The summed E-state index contributed by atoms with van der Waals surface area (Å²) < 4.78 is 0. The van der Waals surface area contributed by atoms with Crippen LogP contribution >= 0.6 is 11.6 Å². The zero-order valence-corrected chi connectivity index (χ0v) is 13.0. The van der Waals surface area contributed by atoms with Gasteiger partial charge in [-0.2, -0.15) is 0 Å². The highest BCUT2D eigenvalue weighted by molar-refractivity contribution is 6.36. The van der Waals surface area contributed by atoms with Gasteiger partial charge in [-0.15, -0.1) is 0 Å². The minimum absolute atomic E-state index is 0.00151. The number of amides is 1. The standard InChI is InChI=1S/C16H22ClN3O/c17-15-13(6-3-7-14(15)18)16(21)20-10-8-19(9-11-20)12-4-1-2-5-12/h3,6-7,12H,1-2,4-5,8-11,18H2. The van der Waals surface area contributed by atoms with Gasteiger partial charge in [0.25, 0.3) is 5.91 Å². The van der Waals surface area contributed by atoms with Gasteiger partial charge in [0.15, 0.2) is 0 Å². The second-order valence-electron chi connectivity index (χ2n) is 5.98. The summed E-state index contributed by atoms with van der Waals surface area (Å²) in [6.07, 6.45) is 5.33. The molecule has 1 aromatic carbocycles. The molecule has 3 rings (SSSR count). The van der Waals surface area contributed by atoms with Gasteiger partial charge in [-0.25, -0.2) is 0 Å². The van der Waals surface area contributed by atoms with Crippen molar-refractivity contribution >= 4 is 23.2 Å². The van der Waals surface area contributed by atoms with Crippen LogP contribution in [0.25, 0.3) is 0 Å². The lowest BCUT2D eigenvalue weighted by molar-refractivity contribution is 0.0573. The molecular weight excluding hydrogens is 286 g/mol. The van der Waals surface area contributed by atoms with Crippen LogP contribution in [-0.4, -0.2) is 47.9 Å². The lowest BCUT2D eigenvalue weighted by Gasteiger charge is -2.38. The Labute approximate surface area is 130 Å². The number of nitrogens with two attached hydrogens (primary N) is 1. The fraction of sp³-hybridized carbons (Fsp3) is 0.562. The number of halogens is 1. The van der Waals surface area contributed by atoms with E-state index in [1.807, 2.05) is 4.90 Å². The third kappa shape index (κ3) is 3.01. The molecule has 0 unspecified atom stereocenters. The molecule has 0 atom stereocenters. The molecule has 1 aliphatic heterocycles. The lowest BCUT2D eigenvalue weighted by atomic mass is 10.1. The summed E-state index contributed by atoms with van der Waals surface area (Å²) in [6.45, 7) is 3.49. The van der Waals surface area contributed by atoms with E-state index in [0.29, 0.717) is 16.3 Å². The van der Waals surface area contributed by atoms with Gasteiger partial charge >= 0.3 is 0 Å². The van der Waals surface area contributed by atoms with Crippen LogP contribution in [0.3, 0.4) is 0 Å². The normalized spacial score (nSPS) is 20.9. The monoisotopic (exact) mass is 307 g/mol. The molecule has 1 aromatic rings. The Morgan fingerprint density at radius 3 is 2.48 bits per heavy atom. The van der Waals surface area contributed by atoms with Crippen LogP contribution in [0.15, 0.2) is 18.2 Å². The van der Waals surface area contributed by atoms with Crippen LogP contribution in [0, 0.1) is 0 Å². The molecule has 0 spiro atoms. The fourth-order valence-corrected chi connectivity index (χ4v) is 3.65. The van der Waals surface area contributed by atoms with Gasteiger partial charge in [-0.3, -0.25) is 9.69 Å². The molecule has 2 aliphatic rings. The quantitative estimate of drug-likeness (QED) is 0.855. The number of hydrogen-bond acceptors (Lipinski definition) is 3. The summed E-state index contributed by atoms with van der Waals surface area (Å²) in [6, 6.07) is 5.99. The summed E-state index contributed by atoms with van der Waals surface area (Å²) in [5, 5.41) is 0.376. The highest BCUT2D eigenvalue weighted by Gasteiger charge is 2.28. The first-order valence-electron chi connectivity index (χ1n) is 7.74. The molecule has 4 nitrogen and oxygen atoms in total. The number of benzene rings is 1. The molecule has 5 heteroatoms. The van der Waals surface area contributed by atoms with E-state index in [0.717, 1.165) is 32.2 Å². The van der Waals surface area contributed by atoms with Crippen molar-refractivity contribution in [1.82, 2.24) is 9.80 Å². The molecule has 0 bridgehead atoms. The highest BCUT2D eigenvalue weighted by Crippen LogP contribution is 2.27. The first-order valence-corrected chi connectivity index (χ1v) is 8.12. The molecule has 0 aromatic heterocycles. The van der Waals surface area contributed by atoms with Crippen molar-refractivity contribution in [2.24, 2.45) is 0 Å². The van der Waals surface area contributed by atoms with Crippen LogP contribution in [0.4, 0.5) is 5.69 Å². The summed E-state index contributed by atoms with van der Waals surface area (Å²) >= 11 is 6.16. The van der Waals surface area contributed by atoms with Crippen molar-refractivity contribution in [2.75, 3.05) is 31.9 Å². The van der Waals surface area contributed by atoms with Crippen LogP contribution < -0.4 is 5.73 Å². The number of piperazine rings is 1. The number of carbonyl (C=O) groups is 1. The average molecular weight is 308 g/mol. The molecule has 1 amide bonds. The number of nitrogen functional groups attached to an aromatic ring is 1. The lowest BCUT2D eigenvalue weighted by Crippen LogP contribution is -2.51. The van der Waals surface area contributed by atoms with Crippen molar-refractivity contribution in [3.8, 4) is 0 Å². The minimum atomic E-state index is -0.00151. The van der Waals surface area contributed by atoms with E-state index in [1.165, 1.54) is 25.7 Å². The first kappa shape index (κ1) is 14.7. The van der Waals surface area contributed by atoms with E-state index in [-0.39, 0.29) is 5.91 Å². The van der Waals surface area contributed by atoms with Gasteiger partial charge in [0.1, 0.15) is 0 Å². The maximum Gasteiger partial charge on any atom is 0.255 e. The van der Waals surface area contributed by atoms with Crippen molar-refractivity contribution in [3.63, 3.8) is 0 Å². The molecule has 1 heterocycles. The largest absolute Gasteiger partial charge is 0.398 e. The maximum absolute atomic E-state index is 12.6. The van der Waals surface area contributed by atoms with E-state index in [1.54, 1.807) is 18.2 Å². The Balaban J connectivity index is 1.63. The zero-order chi connectivity index (χ0) is 14.8. The second kappa shape index (κ2) is 6.24. The molecule has 1 saturated carbocycles. The average Bonchev–Trinajstić information content (AvgIpc) is 3.04. The summed E-state index contributed by atoms with van der Waals surface area (Å²) in [4.78, 5) is 17.0. The Bertz CT molecular complexity index is 520. The molecule has 1 aliphatic carbocycles. The molecule has 1 saturated heterocycles. The van der Waals surface area contributed by atoms with Crippen molar-refractivity contribution < 1.29 is 4.79 Å². The summed E-state index contributed by atoms with van der Waals surface area (Å²) in [5.41, 5.74) is 6.77. The number of nitrogens with zero attached hydrogens (tertiary/aromatic N) is 2. The van der Waals surface area contributed by atoms with Crippen LogP contribution in [0.2, 0.25) is 5.02 Å². The second-order valence-corrected chi connectivity index (χ2v) is 6.35. The Kier molecular flexibility index (Phi) is 4.36. The molecule has 2 N–H and O–H groups in total. The number of rotatable bonds is 2. The van der Waals surface area contributed by atoms with E-state index in [4.69, 9.17) is 17.3 Å². The van der Waals surface area contributed by atoms with E-state index < -0.39 is 0 Å². The molecule has 0 radical (unpaired) electrons. The molecule has 114 valence electrons. The number of carbonyl (C=O) groups excluding carboxylic acids is 1. The smallest absolute Gasteiger partial charge is 0.255 e. The minimum Gasteiger partial charge on any atom is -0.398 e. The van der Waals surface area contributed by atoms with Gasteiger partial charge in [0.2, 0.25) is 0 Å². The van der Waals surface area contributed by atoms with Gasteiger partial charge in [0, 0.05) is 32.2 Å². The zero-order valence-electron chi connectivity index (χ0n) is 12.2. The predicted molar refractivity (Wildman–Crippen MR) is 85.6 cm³/mol. The first-order chi connectivity index (χ1) is 10.2. The summed E-state index contributed by atoms with van der Waals surface area (Å²) in [7, 11) is 0. The molecular formula is C16H22ClN3O. The third-order valence-electron chi connectivity index (χ3n) is 4.70. The fourth-order valence-electron chi connectivity index (χ4n) is 3.44. The number of hydrogen-bond donors (Lipinski definition) is 1. The van der Waals surface area contributed by atoms with Gasteiger partial charge < -0.3 is 10.6 Å². The molecule has 21 heavy (non-hydrogen) atoms. The maximum atomic E-state index is 12.6. The Hall–Kier alpha value is -1.26. The Morgan fingerprint density at radius 1 is 1.14 bits per heavy atom. The van der Waals surface area contributed by atoms with Crippen LogP contribution in [0.1, 0.15) is 36.0 Å². The van der Waals surface area contributed by atoms with Gasteiger partial charge in [-0.05, 0) is 25.0 Å². The van der Waals surface area contributed by atoms with Crippen molar-refractivity contribution in [1.29, 1.82) is 0 Å². The van der Waals surface area contributed by atoms with Crippen LogP contribution in [-0.2, 0) is 0 Å². The third-order valence-corrected chi connectivity index (χ3v) is 5.12. The van der Waals surface area contributed by atoms with E-state index in [2.05, 4.69) is 4.90 Å². The van der Waals surface area contributed by atoms with E-state index in [9.17, 15) is 4.79 Å². The van der Waals surface area contributed by atoms with Crippen molar-refractivity contribution in [2.45, 2.75) is 31.7 Å².